The number of likely N-dealkylation sites (tertiary alicyclic amines) is 1. The zero-order valence-electron chi connectivity index (χ0n) is 58.0. The lowest BCUT2D eigenvalue weighted by Gasteiger charge is -2.39. The topological polar surface area (TPSA) is 310 Å². The van der Waals surface area contributed by atoms with Gasteiger partial charge in [0.2, 0.25) is 29.5 Å². The summed E-state index contributed by atoms with van der Waals surface area (Å²) in [6, 6.07) is 12.5. The summed E-state index contributed by atoms with van der Waals surface area (Å²) in [5, 5.41) is 19.3. The van der Waals surface area contributed by atoms with Crippen LogP contribution in [0.2, 0.25) is 0 Å². The number of likely N-dealkylation sites (N-methyl/N-ethyl adjacent to an activating group) is 1. The van der Waals surface area contributed by atoms with Gasteiger partial charge < -0.3 is 51.0 Å². The minimum absolute atomic E-state index is 0.00326. The van der Waals surface area contributed by atoms with E-state index in [0.29, 0.717) is 74.3 Å². The number of carbonyl (C=O) groups excluding carboxylic acids is 11. The van der Waals surface area contributed by atoms with Crippen LogP contribution in [0.4, 0.5) is 10.5 Å². The van der Waals surface area contributed by atoms with Crippen molar-refractivity contribution in [2.24, 2.45) is 23.7 Å². The Bertz CT molecular complexity index is 3070. The third-order valence-corrected chi connectivity index (χ3v) is 18.5. The number of thiazole rings is 1. The second kappa shape index (κ2) is 40.5. The Labute approximate surface area is 570 Å². The highest BCUT2D eigenvalue weighted by Gasteiger charge is 2.38. The van der Waals surface area contributed by atoms with Crippen molar-refractivity contribution < 1.29 is 67.0 Å². The molecule has 9 amide bonds. The predicted molar refractivity (Wildman–Crippen MR) is 365 cm³/mol. The largest absolute Gasteiger partial charge is 0.466 e. The summed E-state index contributed by atoms with van der Waals surface area (Å²) in [7, 11) is 1.72. The van der Waals surface area contributed by atoms with Crippen LogP contribution in [0.1, 0.15) is 192 Å². The number of piperidine rings is 1. The Morgan fingerprint density at radius 3 is 2.05 bits per heavy atom. The number of alkyl carbamates (subject to hydrolysis) is 1. The number of anilines is 1. The van der Waals surface area contributed by atoms with Crippen LogP contribution in [0.25, 0.3) is 0 Å². The van der Waals surface area contributed by atoms with E-state index >= 15 is 0 Å². The van der Waals surface area contributed by atoms with Crippen LogP contribution in [0.3, 0.4) is 0 Å². The van der Waals surface area contributed by atoms with E-state index in [4.69, 9.17) is 14.2 Å². The number of amides is 9. The molecule has 1 saturated heterocycles. The summed E-state index contributed by atoms with van der Waals surface area (Å²) in [5.74, 6) is -4.84. The number of aromatic nitrogens is 1. The molecular formula is C71H104N10O14S. The predicted octanol–water partition coefficient (Wildman–Crippen LogP) is 8.49. The fourth-order valence-corrected chi connectivity index (χ4v) is 12.6. The maximum absolute atomic E-state index is 14.8. The van der Waals surface area contributed by atoms with Gasteiger partial charge in [-0.15, -0.1) is 11.3 Å². The Balaban J connectivity index is 1.03. The van der Waals surface area contributed by atoms with Gasteiger partial charge in [0, 0.05) is 75.2 Å². The molecule has 25 heteroatoms. The summed E-state index contributed by atoms with van der Waals surface area (Å²) in [6.45, 7) is 20.2. The molecule has 2 aromatic carbocycles. The summed E-state index contributed by atoms with van der Waals surface area (Å²) < 4.78 is 16.6. The number of hydrogen-bond acceptors (Lipinski definition) is 17. The first-order chi connectivity index (χ1) is 45.8. The molecule has 1 unspecified atom stereocenters. The lowest BCUT2D eigenvalue weighted by atomic mass is 9.92. The van der Waals surface area contributed by atoms with Gasteiger partial charge >= 0.3 is 18.0 Å². The Morgan fingerprint density at radius 2 is 1.40 bits per heavy atom. The number of rotatable bonds is 40. The molecule has 0 bridgehead atoms. The number of hydrogen-bond donors (Lipinski definition) is 6. The van der Waals surface area contributed by atoms with Gasteiger partial charge in [-0.25, -0.2) is 9.78 Å². The molecule has 6 N–H and O–H groups in total. The van der Waals surface area contributed by atoms with Crippen molar-refractivity contribution in [1.29, 1.82) is 0 Å². The SMILES string of the molecule is CCOC(=O)C(C)C[C@H](Cc1ccccc1)NC(=O)c1csc([C@@H](C[C@H](C(C)C)N(C)C(=O)[C@@H](NC(=O)[C@@H]2CCCCN2CCCCCCNC(=O)OCc2ccc(NC(=O)[C@H](C)NC(=O)[C@@H](NC(=O)CCCCCN3C(=O)C=CC3=O)C(C)C)cc2)[C@@H](C)CC)OC(C)=O)n1. The number of imide groups is 1. The Morgan fingerprint density at radius 1 is 0.719 bits per heavy atom. The van der Waals surface area contributed by atoms with Crippen molar-refractivity contribution in [1.82, 2.24) is 46.3 Å². The van der Waals surface area contributed by atoms with E-state index in [0.717, 1.165) is 55.5 Å². The minimum atomic E-state index is -0.933. The van der Waals surface area contributed by atoms with Gasteiger partial charge in [-0.05, 0) is 119 Å². The average Bonchev–Trinajstić information content (AvgIpc) is 1.51. The maximum atomic E-state index is 14.8. The van der Waals surface area contributed by atoms with Crippen molar-refractivity contribution in [2.45, 2.75) is 215 Å². The lowest BCUT2D eigenvalue weighted by Crippen LogP contribution is -2.58. The van der Waals surface area contributed by atoms with Crippen molar-refractivity contribution >= 4 is 82.3 Å². The summed E-state index contributed by atoms with van der Waals surface area (Å²) in [4.78, 5) is 153. The van der Waals surface area contributed by atoms with E-state index in [1.54, 1.807) is 69.3 Å². The highest BCUT2D eigenvalue weighted by atomic mass is 32.1. The fourth-order valence-electron chi connectivity index (χ4n) is 11.7. The number of nitrogens with zero attached hydrogens (tertiary/aromatic N) is 4. The maximum Gasteiger partial charge on any atom is 0.407 e. The Hall–Kier alpha value is -8.06. The zero-order valence-corrected chi connectivity index (χ0v) is 58.9. The van der Waals surface area contributed by atoms with Crippen LogP contribution in [0.5, 0.6) is 0 Å². The molecule has 528 valence electrons. The van der Waals surface area contributed by atoms with Crippen LogP contribution < -0.4 is 31.9 Å². The van der Waals surface area contributed by atoms with Gasteiger partial charge in [-0.3, -0.25) is 57.7 Å². The average molecular weight is 1350 g/mol. The third-order valence-electron chi connectivity index (χ3n) is 17.5. The van der Waals surface area contributed by atoms with Crippen molar-refractivity contribution in [3.63, 3.8) is 0 Å². The molecule has 9 atom stereocenters. The standard InChI is InChI=1S/C71H104N10O14S/c1-12-47(7)63(69(90)79(11)57(45(3)4)42-58(95-50(10)82)68-76-55(44-96-68)65(87)75-54(40-48(8)70(91)93-13-2)41-51-26-18-16-19-27-51)78-66(88)56-28-21-25-38-80(56)37-23-15-14-22-36-72-71(92)94-43-52-30-32-53(33-31-52)74-64(86)49(9)73-67(89)62(46(5)6)77-59(83)29-20-17-24-39-81-60(84)34-35-61(81)85/h16,18-19,26-27,30-35,44-49,54,56-58,62-63H,12-15,17,20-25,28-29,36-43H2,1-11H3,(H,72,92)(H,73,89)(H,74,86)(H,75,87)(H,77,83)(H,78,88)/t47-,48?,49-,54+,56-,57+,58+,62-,63-/m0/s1. The minimum Gasteiger partial charge on any atom is -0.466 e. The van der Waals surface area contributed by atoms with Crippen LogP contribution in [0, 0.1) is 23.7 Å². The van der Waals surface area contributed by atoms with Crippen molar-refractivity contribution in [3.05, 3.63) is 94.0 Å². The van der Waals surface area contributed by atoms with Crippen LogP contribution in [0.15, 0.2) is 72.1 Å². The van der Waals surface area contributed by atoms with E-state index < -0.39 is 78.1 Å². The van der Waals surface area contributed by atoms with E-state index in [1.807, 2.05) is 58.0 Å². The second-order valence-corrected chi connectivity index (χ2v) is 26.8. The number of carbonyl (C=O) groups is 11. The molecule has 2 aliphatic rings. The Kier molecular flexibility index (Phi) is 33.2. The molecular weight excluding hydrogens is 1250 g/mol. The van der Waals surface area contributed by atoms with E-state index in [2.05, 4.69) is 41.8 Å². The number of benzene rings is 2. The molecule has 0 saturated carbocycles. The number of ether oxygens (including phenoxy) is 3. The highest BCUT2D eigenvalue weighted by Crippen LogP contribution is 2.32. The van der Waals surface area contributed by atoms with Crippen molar-refractivity contribution in [2.75, 3.05) is 45.2 Å². The zero-order chi connectivity index (χ0) is 70.4. The van der Waals surface area contributed by atoms with Gasteiger partial charge in [0.05, 0.1) is 18.6 Å². The van der Waals surface area contributed by atoms with Crippen LogP contribution in [-0.4, -0.2) is 161 Å². The molecule has 0 aliphatic carbocycles. The third kappa shape index (κ3) is 25.8. The molecule has 1 aromatic heterocycles. The summed E-state index contributed by atoms with van der Waals surface area (Å²) in [6.07, 6.45) is 10.2. The lowest BCUT2D eigenvalue weighted by molar-refractivity contribution is -0.149. The molecule has 24 nitrogen and oxygen atoms in total. The molecule has 3 aromatic rings. The number of nitrogens with one attached hydrogen (secondary N) is 6. The molecule has 1 fully saturated rings. The van der Waals surface area contributed by atoms with Crippen molar-refractivity contribution in [3.8, 4) is 0 Å². The van der Waals surface area contributed by atoms with Gasteiger partial charge in [0.15, 0.2) is 6.10 Å². The molecule has 0 spiro atoms. The smallest absolute Gasteiger partial charge is 0.407 e. The summed E-state index contributed by atoms with van der Waals surface area (Å²) >= 11 is 1.18. The second-order valence-electron chi connectivity index (χ2n) is 25.9. The molecule has 96 heavy (non-hydrogen) atoms. The molecule has 0 radical (unpaired) electrons. The molecule has 3 heterocycles. The first-order valence-corrected chi connectivity index (χ1v) is 35.1. The highest BCUT2D eigenvalue weighted by molar-refractivity contribution is 7.09. The van der Waals surface area contributed by atoms with Gasteiger partial charge in [0.25, 0.3) is 17.7 Å². The first kappa shape index (κ1) is 78.6. The van der Waals surface area contributed by atoms with E-state index in [9.17, 15) is 52.7 Å². The van der Waals surface area contributed by atoms with E-state index in [-0.39, 0.29) is 91.6 Å². The molecule has 5 rings (SSSR count). The normalized spacial score (nSPS) is 16.5. The quantitative estimate of drug-likeness (QED) is 0.0135. The van der Waals surface area contributed by atoms with Gasteiger partial charge in [-0.1, -0.05) is 123 Å². The summed E-state index contributed by atoms with van der Waals surface area (Å²) in [5.41, 5.74) is 2.27. The number of unbranched alkanes of at least 4 members (excludes halogenated alkanes) is 5. The van der Waals surface area contributed by atoms with Crippen LogP contribution >= 0.6 is 11.3 Å². The van der Waals surface area contributed by atoms with Crippen LogP contribution in [-0.2, 0) is 70.4 Å². The molecule has 2 aliphatic heterocycles. The monoisotopic (exact) mass is 1350 g/mol. The first-order valence-electron chi connectivity index (χ1n) is 34.2. The number of esters is 2. The van der Waals surface area contributed by atoms with Gasteiger partial charge in [-0.2, -0.15) is 0 Å². The fraction of sp³-hybridized carbons (Fsp3) is 0.606. The van der Waals surface area contributed by atoms with Gasteiger partial charge in [0.1, 0.15) is 35.4 Å². The van der Waals surface area contributed by atoms with E-state index in [1.165, 1.54) is 37.3 Å².